The van der Waals surface area contributed by atoms with Crippen molar-refractivity contribution in [2.24, 2.45) is 0 Å². The van der Waals surface area contributed by atoms with Crippen molar-refractivity contribution in [2.45, 2.75) is 6.17 Å². The molecular weight excluding hydrogens is 697 g/mol. The Hall–Kier alpha value is -7.70. The average Bonchev–Trinajstić information content (AvgIpc) is 3.99. The van der Waals surface area contributed by atoms with Gasteiger partial charge < -0.3 is 10.2 Å². The van der Waals surface area contributed by atoms with E-state index in [2.05, 4.69) is 220 Å². The summed E-state index contributed by atoms with van der Waals surface area (Å²) in [5, 5.41) is 3.88. The van der Waals surface area contributed by atoms with Crippen molar-refractivity contribution in [3.8, 4) is 45.3 Å². The lowest BCUT2D eigenvalue weighted by atomic mass is 10.00. The molecule has 270 valence electrons. The number of hydrogen-bond acceptors (Lipinski definition) is 4. The van der Waals surface area contributed by atoms with Crippen molar-refractivity contribution in [2.75, 3.05) is 10.2 Å². The SMILES string of the molecule is c1ccc(-c2nc3ccccc3n2-c2ccccc2-c2ccc(-n3c(-c4ccccc4)nc4ccccc43)c(N3c4ccccc4NC3c3ccccc3)c2)cc1. The molecule has 1 N–H and O–H groups in total. The molecule has 0 saturated heterocycles. The van der Waals surface area contributed by atoms with Crippen molar-refractivity contribution >= 4 is 39.1 Å². The molecule has 0 aliphatic carbocycles. The van der Waals surface area contributed by atoms with Gasteiger partial charge in [0.2, 0.25) is 0 Å². The van der Waals surface area contributed by atoms with Crippen LogP contribution in [0.1, 0.15) is 11.7 Å². The van der Waals surface area contributed by atoms with Crippen LogP contribution in [0.15, 0.2) is 206 Å². The Bertz CT molecular complexity index is 3060. The van der Waals surface area contributed by atoms with Crippen molar-refractivity contribution in [1.29, 1.82) is 0 Å². The molecule has 0 bridgehead atoms. The average molecular weight is 733 g/mol. The molecule has 3 heterocycles. The number of para-hydroxylation sites is 7. The van der Waals surface area contributed by atoms with Crippen LogP contribution in [-0.4, -0.2) is 19.1 Å². The van der Waals surface area contributed by atoms with E-state index in [1.807, 2.05) is 6.07 Å². The molecule has 10 aromatic rings. The number of benzene rings is 8. The topological polar surface area (TPSA) is 50.9 Å². The Morgan fingerprint density at radius 1 is 0.386 bits per heavy atom. The maximum Gasteiger partial charge on any atom is 0.145 e. The molecule has 6 nitrogen and oxygen atoms in total. The first kappa shape index (κ1) is 32.7. The molecule has 0 spiro atoms. The zero-order chi connectivity index (χ0) is 37.7. The summed E-state index contributed by atoms with van der Waals surface area (Å²) in [6, 6.07) is 72.7. The van der Waals surface area contributed by atoms with E-state index in [4.69, 9.17) is 9.97 Å². The van der Waals surface area contributed by atoms with Crippen molar-refractivity contribution in [3.05, 3.63) is 212 Å². The lowest BCUT2D eigenvalue weighted by Gasteiger charge is -2.30. The highest BCUT2D eigenvalue weighted by Crippen LogP contribution is 2.50. The van der Waals surface area contributed by atoms with Gasteiger partial charge in [-0.1, -0.05) is 152 Å². The molecule has 2 aromatic heterocycles. The second-order valence-corrected chi connectivity index (χ2v) is 14.3. The first-order valence-corrected chi connectivity index (χ1v) is 19.3. The largest absolute Gasteiger partial charge is 0.359 e. The number of nitrogens with zero attached hydrogens (tertiary/aromatic N) is 5. The molecule has 6 heteroatoms. The highest BCUT2D eigenvalue weighted by Gasteiger charge is 2.34. The first-order valence-electron chi connectivity index (χ1n) is 19.3. The molecule has 1 aliphatic heterocycles. The molecular formula is C51H36N6. The summed E-state index contributed by atoms with van der Waals surface area (Å²) in [7, 11) is 0. The summed E-state index contributed by atoms with van der Waals surface area (Å²) in [4.78, 5) is 12.9. The van der Waals surface area contributed by atoms with Gasteiger partial charge in [-0.15, -0.1) is 0 Å². The van der Waals surface area contributed by atoms with Crippen LogP contribution in [0.2, 0.25) is 0 Å². The zero-order valence-corrected chi connectivity index (χ0v) is 30.9. The van der Waals surface area contributed by atoms with Gasteiger partial charge in [0.05, 0.1) is 50.5 Å². The van der Waals surface area contributed by atoms with E-state index in [1.54, 1.807) is 0 Å². The predicted octanol–water partition coefficient (Wildman–Crippen LogP) is 12.6. The van der Waals surface area contributed by atoms with E-state index in [9.17, 15) is 0 Å². The van der Waals surface area contributed by atoms with Crippen LogP contribution in [0.25, 0.3) is 67.3 Å². The quantitative estimate of drug-likeness (QED) is 0.177. The summed E-state index contributed by atoms with van der Waals surface area (Å²) in [5.41, 5.74) is 14.8. The van der Waals surface area contributed by atoms with Gasteiger partial charge in [-0.2, -0.15) is 0 Å². The number of anilines is 3. The second kappa shape index (κ2) is 13.6. The molecule has 0 radical (unpaired) electrons. The number of nitrogens with one attached hydrogen (secondary N) is 1. The van der Waals surface area contributed by atoms with Crippen LogP contribution in [0.5, 0.6) is 0 Å². The van der Waals surface area contributed by atoms with E-state index in [-0.39, 0.29) is 6.17 Å². The van der Waals surface area contributed by atoms with Gasteiger partial charge >= 0.3 is 0 Å². The summed E-state index contributed by atoms with van der Waals surface area (Å²) in [6.45, 7) is 0. The molecule has 57 heavy (non-hydrogen) atoms. The summed E-state index contributed by atoms with van der Waals surface area (Å²) >= 11 is 0. The molecule has 1 aliphatic rings. The summed E-state index contributed by atoms with van der Waals surface area (Å²) in [6.07, 6.45) is -0.162. The van der Waals surface area contributed by atoms with E-state index < -0.39 is 0 Å². The van der Waals surface area contributed by atoms with E-state index in [1.165, 1.54) is 5.56 Å². The summed E-state index contributed by atoms with van der Waals surface area (Å²) in [5.74, 6) is 1.79. The minimum atomic E-state index is -0.162. The van der Waals surface area contributed by atoms with Crippen LogP contribution >= 0.6 is 0 Å². The second-order valence-electron chi connectivity index (χ2n) is 14.3. The minimum absolute atomic E-state index is 0.162. The number of rotatable bonds is 7. The van der Waals surface area contributed by atoms with E-state index in [0.717, 1.165) is 84.4 Å². The van der Waals surface area contributed by atoms with Gasteiger partial charge in [0.25, 0.3) is 0 Å². The van der Waals surface area contributed by atoms with Crippen LogP contribution < -0.4 is 10.2 Å². The predicted molar refractivity (Wildman–Crippen MR) is 233 cm³/mol. The van der Waals surface area contributed by atoms with Gasteiger partial charge in [-0.3, -0.25) is 9.13 Å². The van der Waals surface area contributed by atoms with E-state index in [0.29, 0.717) is 0 Å². The molecule has 11 rings (SSSR count). The maximum atomic E-state index is 5.26. The van der Waals surface area contributed by atoms with Crippen molar-refractivity contribution < 1.29 is 0 Å². The van der Waals surface area contributed by atoms with Crippen LogP contribution in [0.3, 0.4) is 0 Å². The molecule has 0 fully saturated rings. The number of hydrogen-bond donors (Lipinski definition) is 1. The fourth-order valence-electron chi connectivity index (χ4n) is 8.38. The van der Waals surface area contributed by atoms with Crippen molar-refractivity contribution in [1.82, 2.24) is 19.1 Å². The zero-order valence-electron chi connectivity index (χ0n) is 30.9. The van der Waals surface area contributed by atoms with Gasteiger partial charge in [-0.05, 0) is 65.7 Å². The fourth-order valence-corrected chi connectivity index (χ4v) is 8.38. The van der Waals surface area contributed by atoms with Gasteiger partial charge in [0.15, 0.2) is 0 Å². The third kappa shape index (κ3) is 5.49. The Labute approximate surface area is 330 Å². The smallest absolute Gasteiger partial charge is 0.145 e. The Morgan fingerprint density at radius 3 is 1.54 bits per heavy atom. The van der Waals surface area contributed by atoms with Crippen LogP contribution in [-0.2, 0) is 0 Å². The lowest BCUT2D eigenvalue weighted by Crippen LogP contribution is -2.24. The van der Waals surface area contributed by atoms with Crippen molar-refractivity contribution in [3.63, 3.8) is 0 Å². The number of aromatic nitrogens is 4. The van der Waals surface area contributed by atoms with E-state index >= 15 is 0 Å². The molecule has 1 atom stereocenters. The molecule has 0 amide bonds. The Kier molecular flexibility index (Phi) is 7.78. The Balaban J connectivity index is 1.20. The van der Waals surface area contributed by atoms with Gasteiger partial charge in [0, 0.05) is 16.7 Å². The normalized spacial score (nSPS) is 13.5. The van der Waals surface area contributed by atoms with Gasteiger partial charge in [0.1, 0.15) is 17.8 Å². The third-order valence-electron chi connectivity index (χ3n) is 10.9. The molecule has 8 aromatic carbocycles. The standard InChI is InChI=1S/C51H36N6/c1-4-18-35(19-5-1)49-52-40-25-11-15-29-44(40)55(49)43-28-14-10-24-39(43)38-32-33-47(56-45-30-16-12-26-41(45)53-50(56)36-20-6-2-7-21-36)48(34-38)57-46-31-17-13-27-42(46)54-51(57)37-22-8-3-9-23-37/h1-34,51,54H. The highest BCUT2D eigenvalue weighted by atomic mass is 15.3. The fraction of sp³-hybridized carbons (Fsp3) is 0.0196. The number of imidazole rings is 2. The third-order valence-corrected chi connectivity index (χ3v) is 10.9. The maximum absolute atomic E-state index is 5.26. The monoisotopic (exact) mass is 732 g/mol. The lowest BCUT2D eigenvalue weighted by molar-refractivity contribution is 0.824. The summed E-state index contributed by atoms with van der Waals surface area (Å²) < 4.78 is 4.64. The first-order chi connectivity index (χ1) is 28.3. The van der Waals surface area contributed by atoms with Gasteiger partial charge in [-0.25, -0.2) is 9.97 Å². The highest BCUT2D eigenvalue weighted by molar-refractivity contribution is 5.93. The Morgan fingerprint density at radius 2 is 0.895 bits per heavy atom. The van der Waals surface area contributed by atoms with Crippen LogP contribution in [0.4, 0.5) is 17.1 Å². The molecule has 1 unspecified atom stereocenters. The molecule has 0 saturated carbocycles. The number of fused-ring (bicyclic) bond motifs is 3. The van der Waals surface area contributed by atoms with Crippen LogP contribution in [0, 0.1) is 0 Å². The minimum Gasteiger partial charge on any atom is -0.359 e.